The smallest absolute Gasteiger partial charge is 0.410 e. The first-order chi connectivity index (χ1) is 9.31. The second kappa shape index (κ2) is 4.81. The van der Waals surface area contributed by atoms with Gasteiger partial charge in [-0.3, -0.25) is 5.32 Å². The summed E-state index contributed by atoms with van der Waals surface area (Å²) < 4.78 is 5.13. The van der Waals surface area contributed by atoms with Crippen molar-refractivity contribution in [1.82, 2.24) is 9.97 Å². The fraction of sp³-hybridized carbons (Fsp3) is 0. The maximum atomic E-state index is 11.7. The highest BCUT2D eigenvalue weighted by Crippen LogP contribution is 2.16. The molecule has 0 radical (unpaired) electrons. The van der Waals surface area contributed by atoms with Gasteiger partial charge in [-0.25, -0.2) is 9.78 Å². The second-order valence-electron chi connectivity index (χ2n) is 3.97. The zero-order valence-electron chi connectivity index (χ0n) is 9.96. The zero-order chi connectivity index (χ0) is 13.1. The van der Waals surface area contributed by atoms with E-state index < -0.39 is 6.09 Å². The number of carbonyl (C=O) groups excluding carboxylic acids is 1. The number of anilines is 1. The molecule has 2 aromatic heterocycles. The SMILES string of the molecule is O=C(Nc1cnc2[nH]ccc2c1)Oc1ccccc1. The molecule has 0 aliphatic heterocycles. The largest absolute Gasteiger partial charge is 0.417 e. The molecule has 0 atom stereocenters. The Kier molecular flexibility index (Phi) is 2.86. The van der Waals surface area contributed by atoms with Crippen LogP contribution in [0.4, 0.5) is 10.5 Å². The monoisotopic (exact) mass is 253 g/mol. The summed E-state index contributed by atoms with van der Waals surface area (Å²) >= 11 is 0. The number of H-pyrrole nitrogens is 1. The number of rotatable bonds is 2. The third-order valence-electron chi connectivity index (χ3n) is 2.60. The molecule has 2 N–H and O–H groups in total. The summed E-state index contributed by atoms with van der Waals surface area (Å²) in [4.78, 5) is 18.8. The zero-order valence-corrected chi connectivity index (χ0v) is 9.96. The van der Waals surface area contributed by atoms with Crippen LogP contribution in [0, 0.1) is 0 Å². The van der Waals surface area contributed by atoms with Gasteiger partial charge in [0.05, 0.1) is 11.9 Å². The quantitative estimate of drug-likeness (QED) is 0.737. The summed E-state index contributed by atoms with van der Waals surface area (Å²) in [6, 6.07) is 12.6. The van der Waals surface area contributed by atoms with Crippen molar-refractivity contribution >= 4 is 22.8 Å². The van der Waals surface area contributed by atoms with Crippen molar-refractivity contribution in [3.63, 3.8) is 0 Å². The van der Waals surface area contributed by atoms with Gasteiger partial charge in [0.25, 0.3) is 0 Å². The highest BCUT2D eigenvalue weighted by molar-refractivity contribution is 5.89. The molecule has 2 heterocycles. The Balaban J connectivity index is 1.72. The van der Waals surface area contributed by atoms with Crippen LogP contribution in [0.2, 0.25) is 0 Å². The lowest BCUT2D eigenvalue weighted by atomic mass is 10.3. The molecule has 0 unspecified atom stereocenters. The normalized spacial score (nSPS) is 10.3. The summed E-state index contributed by atoms with van der Waals surface area (Å²) in [6.45, 7) is 0. The standard InChI is InChI=1S/C14H11N3O2/c18-14(19-12-4-2-1-3-5-12)17-11-8-10-6-7-15-13(10)16-9-11/h1-9H,(H,15,16)(H,17,18). The number of aromatic nitrogens is 2. The van der Waals surface area contributed by atoms with Crippen LogP contribution in [0.3, 0.4) is 0 Å². The molecule has 1 aromatic carbocycles. The van der Waals surface area contributed by atoms with Crippen molar-refractivity contribution in [2.75, 3.05) is 5.32 Å². The lowest BCUT2D eigenvalue weighted by Gasteiger charge is -2.06. The number of carbonyl (C=O) groups is 1. The number of ether oxygens (including phenoxy) is 1. The van der Waals surface area contributed by atoms with Gasteiger partial charge >= 0.3 is 6.09 Å². The minimum atomic E-state index is -0.539. The van der Waals surface area contributed by atoms with E-state index in [0.717, 1.165) is 11.0 Å². The number of para-hydroxylation sites is 1. The Morgan fingerprint density at radius 2 is 2.05 bits per heavy atom. The number of nitrogens with zero attached hydrogens (tertiary/aromatic N) is 1. The molecule has 5 heteroatoms. The maximum absolute atomic E-state index is 11.7. The van der Waals surface area contributed by atoms with E-state index in [1.165, 1.54) is 0 Å². The number of aromatic amines is 1. The van der Waals surface area contributed by atoms with Crippen LogP contribution >= 0.6 is 0 Å². The van der Waals surface area contributed by atoms with Crippen molar-refractivity contribution in [3.8, 4) is 5.75 Å². The lowest BCUT2D eigenvalue weighted by Crippen LogP contribution is -2.16. The number of nitrogens with one attached hydrogen (secondary N) is 2. The van der Waals surface area contributed by atoms with E-state index in [-0.39, 0.29) is 0 Å². The van der Waals surface area contributed by atoms with Gasteiger partial charge in [-0.15, -0.1) is 0 Å². The summed E-state index contributed by atoms with van der Waals surface area (Å²) in [7, 11) is 0. The molecule has 0 bridgehead atoms. The molecule has 0 saturated heterocycles. The van der Waals surface area contributed by atoms with Gasteiger partial charge in [-0.2, -0.15) is 0 Å². The number of benzene rings is 1. The predicted octanol–water partition coefficient (Wildman–Crippen LogP) is 3.17. The Bertz CT molecular complexity index is 707. The molecule has 5 nitrogen and oxygen atoms in total. The molecule has 0 fully saturated rings. The molecule has 3 rings (SSSR count). The van der Waals surface area contributed by atoms with Gasteiger partial charge in [0, 0.05) is 11.6 Å². The third-order valence-corrected chi connectivity index (χ3v) is 2.60. The maximum Gasteiger partial charge on any atom is 0.417 e. The van der Waals surface area contributed by atoms with E-state index in [1.54, 1.807) is 36.7 Å². The van der Waals surface area contributed by atoms with Gasteiger partial charge < -0.3 is 9.72 Å². The van der Waals surface area contributed by atoms with Gasteiger partial charge in [0.15, 0.2) is 0 Å². The molecule has 94 valence electrons. The molecule has 1 amide bonds. The molecule has 3 aromatic rings. The van der Waals surface area contributed by atoms with Crippen LogP contribution in [-0.2, 0) is 0 Å². The topological polar surface area (TPSA) is 67.0 Å². The second-order valence-corrected chi connectivity index (χ2v) is 3.97. The van der Waals surface area contributed by atoms with E-state index in [4.69, 9.17) is 4.74 Å². The fourth-order valence-electron chi connectivity index (χ4n) is 1.75. The average Bonchev–Trinajstić information content (AvgIpc) is 2.87. The van der Waals surface area contributed by atoms with Crippen LogP contribution in [0.1, 0.15) is 0 Å². The van der Waals surface area contributed by atoms with Crippen LogP contribution in [0.25, 0.3) is 11.0 Å². The first kappa shape index (κ1) is 11.3. The first-order valence-corrected chi connectivity index (χ1v) is 5.78. The van der Waals surface area contributed by atoms with Gasteiger partial charge in [0.2, 0.25) is 0 Å². The lowest BCUT2D eigenvalue weighted by molar-refractivity contribution is 0.215. The van der Waals surface area contributed by atoms with Crippen LogP contribution in [0.5, 0.6) is 5.75 Å². The Morgan fingerprint density at radius 1 is 1.21 bits per heavy atom. The predicted molar refractivity (Wildman–Crippen MR) is 72.2 cm³/mol. The molecule has 0 saturated carbocycles. The minimum absolute atomic E-state index is 0.496. The molecular formula is C14H11N3O2. The van der Waals surface area contributed by atoms with Crippen molar-refractivity contribution in [2.24, 2.45) is 0 Å². The highest BCUT2D eigenvalue weighted by Gasteiger charge is 2.06. The molecule has 19 heavy (non-hydrogen) atoms. The number of fused-ring (bicyclic) bond motifs is 1. The van der Waals surface area contributed by atoms with Crippen molar-refractivity contribution in [3.05, 3.63) is 54.9 Å². The number of amides is 1. The van der Waals surface area contributed by atoms with Crippen molar-refractivity contribution in [2.45, 2.75) is 0 Å². The van der Waals surface area contributed by atoms with Crippen LogP contribution < -0.4 is 10.1 Å². The third kappa shape index (κ3) is 2.55. The van der Waals surface area contributed by atoms with E-state index in [1.807, 2.05) is 18.2 Å². The Labute approximate surface area is 109 Å². The Morgan fingerprint density at radius 3 is 2.89 bits per heavy atom. The molecule has 0 aliphatic rings. The molecular weight excluding hydrogens is 242 g/mol. The average molecular weight is 253 g/mol. The molecule has 0 spiro atoms. The minimum Gasteiger partial charge on any atom is -0.410 e. The van der Waals surface area contributed by atoms with Gasteiger partial charge in [-0.05, 0) is 24.3 Å². The first-order valence-electron chi connectivity index (χ1n) is 5.78. The summed E-state index contributed by atoms with van der Waals surface area (Å²) in [5, 5.41) is 3.56. The molecule has 0 aliphatic carbocycles. The summed E-state index contributed by atoms with van der Waals surface area (Å²) in [6.07, 6.45) is 2.83. The van der Waals surface area contributed by atoms with E-state index in [2.05, 4.69) is 15.3 Å². The number of hydrogen-bond donors (Lipinski definition) is 2. The van der Waals surface area contributed by atoms with Crippen molar-refractivity contribution in [1.29, 1.82) is 0 Å². The number of pyridine rings is 1. The number of hydrogen-bond acceptors (Lipinski definition) is 3. The van der Waals surface area contributed by atoms with E-state index >= 15 is 0 Å². The summed E-state index contributed by atoms with van der Waals surface area (Å²) in [5.74, 6) is 0.496. The van der Waals surface area contributed by atoms with Crippen molar-refractivity contribution < 1.29 is 9.53 Å². The fourth-order valence-corrected chi connectivity index (χ4v) is 1.75. The van der Waals surface area contributed by atoms with E-state index in [0.29, 0.717) is 11.4 Å². The summed E-state index contributed by atoms with van der Waals surface area (Å²) in [5.41, 5.74) is 1.37. The van der Waals surface area contributed by atoms with E-state index in [9.17, 15) is 4.79 Å². The van der Waals surface area contributed by atoms with Gasteiger partial charge in [0.1, 0.15) is 11.4 Å². The van der Waals surface area contributed by atoms with Crippen LogP contribution in [-0.4, -0.2) is 16.1 Å². The van der Waals surface area contributed by atoms with Crippen LogP contribution in [0.15, 0.2) is 54.9 Å². The highest BCUT2D eigenvalue weighted by atomic mass is 16.6. The van der Waals surface area contributed by atoms with Gasteiger partial charge in [-0.1, -0.05) is 18.2 Å². The Hall–Kier alpha value is -2.82.